The van der Waals surface area contributed by atoms with Gasteiger partial charge in [0.15, 0.2) is 6.29 Å². The summed E-state index contributed by atoms with van der Waals surface area (Å²) in [5, 5.41) is 0. The second-order valence-corrected chi connectivity index (χ2v) is 4.02. The lowest BCUT2D eigenvalue weighted by Crippen LogP contribution is -1.93. The lowest BCUT2D eigenvalue weighted by molar-refractivity contribution is 0.111. The van der Waals surface area contributed by atoms with Crippen LogP contribution in [0.3, 0.4) is 0 Å². The molecule has 0 aromatic heterocycles. The summed E-state index contributed by atoms with van der Waals surface area (Å²) in [6, 6.07) is 3.76. The Morgan fingerprint density at radius 3 is 2.69 bits per heavy atom. The second-order valence-electron chi connectivity index (χ2n) is 2.31. The molecule has 0 amide bonds. The highest BCUT2D eigenvalue weighted by molar-refractivity contribution is 9.10. The second kappa shape index (κ2) is 4.67. The summed E-state index contributed by atoms with van der Waals surface area (Å²) in [6.07, 6.45) is 2.74. The van der Waals surface area contributed by atoms with Crippen molar-refractivity contribution in [2.75, 3.05) is 13.4 Å². The van der Waals surface area contributed by atoms with Crippen LogP contribution >= 0.6 is 27.7 Å². The van der Waals surface area contributed by atoms with Gasteiger partial charge in [-0.25, -0.2) is 0 Å². The maximum Gasteiger partial charge on any atom is 0.154 e. The van der Waals surface area contributed by atoms with Crippen molar-refractivity contribution in [2.24, 2.45) is 0 Å². The van der Waals surface area contributed by atoms with Gasteiger partial charge in [0.25, 0.3) is 0 Å². The van der Waals surface area contributed by atoms with Gasteiger partial charge in [-0.1, -0.05) is 0 Å². The van der Waals surface area contributed by atoms with Crippen LogP contribution in [0.15, 0.2) is 21.5 Å². The molecule has 1 aromatic rings. The van der Waals surface area contributed by atoms with Crippen LogP contribution in [0.25, 0.3) is 0 Å². The van der Waals surface area contributed by atoms with Crippen molar-refractivity contribution in [1.29, 1.82) is 0 Å². The third-order valence-electron chi connectivity index (χ3n) is 1.65. The number of halogens is 1. The molecule has 0 spiro atoms. The van der Waals surface area contributed by atoms with Crippen LogP contribution in [-0.2, 0) is 0 Å². The molecule has 0 heterocycles. The van der Waals surface area contributed by atoms with Crippen molar-refractivity contribution in [1.82, 2.24) is 0 Å². The molecule has 0 aliphatic carbocycles. The summed E-state index contributed by atoms with van der Waals surface area (Å²) in [6.45, 7) is 0. The number of benzene rings is 1. The van der Waals surface area contributed by atoms with Crippen molar-refractivity contribution >= 4 is 34.0 Å². The Labute approximate surface area is 89.8 Å². The topological polar surface area (TPSA) is 26.3 Å². The highest BCUT2D eigenvalue weighted by Crippen LogP contribution is 2.33. The van der Waals surface area contributed by atoms with Crippen LogP contribution in [0.2, 0.25) is 0 Å². The van der Waals surface area contributed by atoms with Crippen LogP contribution in [0, 0.1) is 0 Å². The quantitative estimate of drug-likeness (QED) is 0.618. The lowest BCUT2D eigenvalue weighted by atomic mass is 10.2. The monoisotopic (exact) mass is 260 g/mol. The maximum absolute atomic E-state index is 10.8. The van der Waals surface area contributed by atoms with E-state index in [0.29, 0.717) is 11.3 Å². The molecule has 1 aromatic carbocycles. The first kappa shape index (κ1) is 10.6. The first-order valence-electron chi connectivity index (χ1n) is 3.60. The third kappa shape index (κ3) is 2.06. The molecular formula is C9H9BrO2S. The molecule has 0 N–H and O–H groups in total. The molecule has 0 radical (unpaired) electrons. The van der Waals surface area contributed by atoms with Gasteiger partial charge < -0.3 is 4.74 Å². The van der Waals surface area contributed by atoms with E-state index in [4.69, 9.17) is 4.74 Å². The number of carbonyl (C=O) groups excluding carboxylic acids is 1. The Balaban J connectivity index is 3.36. The van der Waals surface area contributed by atoms with E-state index in [2.05, 4.69) is 15.9 Å². The molecule has 13 heavy (non-hydrogen) atoms. The molecule has 0 aliphatic rings. The minimum absolute atomic E-state index is 0.599. The molecule has 0 bridgehead atoms. The molecule has 0 saturated heterocycles. The van der Waals surface area contributed by atoms with Crippen LogP contribution in [0.1, 0.15) is 10.4 Å². The van der Waals surface area contributed by atoms with E-state index < -0.39 is 0 Å². The minimum Gasteiger partial charge on any atom is -0.495 e. The molecule has 0 fully saturated rings. The molecule has 0 aliphatic heterocycles. The summed E-state index contributed by atoms with van der Waals surface area (Å²) < 4.78 is 5.92. The Hall–Kier alpha value is -0.480. The fourth-order valence-electron chi connectivity index (χ4n) is 1.05. The third-order valence-corrected chi connectivity index (χ3v) is 3.07. The zero-order chi connectivity index (χ0) is 9.84. The van der Waals surface area contributed by atoms with Crippen molar-refractivity contribution < 1.29 is 9.53 Å². The Morgan fingerprint density at radius 2 is 2.23 bits per heavy atom. The average Bonchev–Trinajstić information content (AvgIpc) is 2.17. The van der Waals surface area contributed by atoms with Gasteiger partial charge in [0.2, 0.25) is 0 Å². The number of thioether (sulfide) groups is 1. The first-order valence-corrected chi connectivity index (χ1v) is 5.62. The fourth-order valence-corrected chi connectivity index (χ4v) is 2.12. The minimum atomic E-state index is 0.599. The number of ether oxygens (including phenoxy) is 1. The largest absolute Gasteiger partial charge is 0.495 e. The summed E-state index contributed by atoms with van der Waals surface area (Å²) >= 11 is 4.84. The molecule has 0 atom stereocenters. The summed E-state index contributed by atoms with van der Waals surface area (Å²) in [5.41, 5.74) is 0.601. The van der Waals surface area contributed by atoms with Gasteiger partial charge in [-0.05, 0) is 34.3 Å². The zero-order valence-electron chi connectivity index (χ0n) is 7.33. The predicted octanol–water partition coefficient (Wildman–Crippen LogP) is 2.99. The van der Waals surface area contributed by atoms with Gasteiger partial charge in [0, 0.05) is 4.90 Å². The Bertz CT molecular complexity index is 326. The summed E-state index contributed by atoms with van der Waals surface area (Å²) in [7, 11) is 1.55. The maximum atomic E-state index is 10.8. The van der Waals surface area contributed by atoms with Gasteiger partial charge >= 0.3 is 0 Å². The molecule has 2 nitrogen and oxygen atoms in total. The first-order chi connectivity index (χ1) is 6.24. The van der Waals surface area contributed by atoms with Gasteiger partial charge in [-0.3, -0.25) is 4.79 Å². The lowest BCUT2D eigenvalue weighted by Gasteiger charge is -2.08. The average molecular weight is 261 g/mol. The molecule has 70 valence electrons. The molecular weight excluding hydrogens is 252 g/mol. The number of methoxy groups -OCH3 is 1. The van der Waals surface area contributed by atoms with E-state index in [9.17, 15) is 4.79 Å². The van der Waals surface area contributed by atoms with Gasteiger partial charge in [0.05, 0.1) is 17.1 Å². The molecule has 1 rings (SSSR count). The summed E-state index contributed by atoms with van der Waals surface area (Å²) in [4.78, 5) is 11.7. The zero-order valence-corrected chi connectivity index (χ0v) is 9.74. The Morgan fingerprint density at radius 1 is 1.54 bits per heavy atom. The van der Waals surface area contributed by atoms with Gasteiger partial charge in [-0.2, -0.15) is 0 Å². The number of hydrogen-bond acceptors (Lipinski definition) is 3. The van der Waals surface area contributed by atoms with Gasteiger partial charge in [0.1, 0.15) is 5.75 Å². The summed E-state index contributed by atoms with van der Waals surface area (Å²) in [5.74, 6) is 0.599. The smallest absolute Gasteiger partial charge is 0.154 e. The highest BCUT2D eigenvalue weighted by Gasteiger charge is 2.10. The normalized spacial score (nSPS) is 9.77. The fraction of sp³-hybridized carbons (Fsp3) is 0.222. The SMILES string of the molecule is COc1c(Br)ccc(SC)c1C=O. The van der Waals surface area contributed by atoms with Crippen molar-refractivity contribution in [3.63, 3.8) is 0 Å². The number of carbonyl (C=O) groups is 1. The van der Waals surface area contributed by atoms with Crippen molar-refractivity contribution in [2.45, 2.75) is 4.90 Å². The molecule has 0 unspecified atom stereocenters. The molecule has 4 heteroatoms. The van der Waals surface area contributed by atoms with E-state index in [1.54, 1.807) is 7.11 Å². The Kier molecular flexibility index (Phi) is 3.81. The van der Waals surface area contributed by atoms with E-state index >= 15 is 0 Å². The number of rotatable bonds is 3. The highest BCUT2D eigenvalue weighted by atomic mass is 79.9. The molecule has 0 saturated carbocycles. The number of hydrogen-bond donors (Lipinski definition) is 0. The van der Waals surface area contributed by atoms with Crippen LogP contribution in [0.5, 0.6) is 5.75 Å². The van der Waals surface area contributed by atoms with E-state index in [-0.39, 0.29) is 0 Å². The van der Waals surface area contributed by atoms with E-state index in [0.717, 1.165) is 15.7 Å². The number of aldehydes is 1. The van der Waals surface area contributed by atoms with Crippen LogP contribution in [-0.4, -0.2) is 19.7 Å². The van der Waals surface area contributed by atoms with Crippen LogP contribution in [0.4, 0.5) is 0 Å². The van der Waals surface area contributed by atoms with Gasteiger partial charge in [-0.15, -0.1) is 11.8 Å². The predicted molar refractivity (Wildman–Crippen MR) is 57.9 cm³/mol. The van der Waals surface area contributed by atoms with E-state index in [1.165, 1.54) is 11.8 Å². The van der Waals surface area contributed by atoms with E-state index in [1.807, 2.05) is 18.4 Å². The van der Waals surface area contributed by atoms with Crippen molar-refractivity contribution in [3.05, 3.63) is 22.2 Å². The van der Waals surface area contributed by atoms with Crippen molar-refractivity contribution in [3.8, 4) is 5.75 Å². The van der Waals surface area contributed by atoms with Crippen LogP contribution < -0.4 is 4.74 Å². The standard InChI is InChI=1S/C9H9BrO2S/c1-12-9-6(5-11)8(13-2)4-3-7(9)10/h3-5H,1-2H3.